The molecule has 0 spiro atoms. The van der Waals surface area contributed by atoms with Crippen LogP contribution in [0.5, 0.6) is 0 Å². The fourth-order valence-electron chi connectivity index (χ4n) is 4.54. The highest BCUT2D eigenvalue weighted by Gasteiger charge is 2.44. The van der Waals surface area contributed by atoms with Crippen molar-refractivity contribution in [2.75, 3.05) is 28.4 Å². The highest BCUT2D eigenvalue weighted by Crippen LogP contribution is 2.44. The SMILES string of the molecule is COC1=CC(=CC2=C(C)/C(=C\C(=O)NCc3ccccn3)c3cc(F)ccc32)C=C(OC)C1(OC)OC. The van der Waals surface area contributed by atoms with Crippen LogP contribution in [0.2, 0.25) is 0 Å². The summed E-state index contributed by atoms with van der Waals surface area (Å²) in [5.74, 6) is -1.18. The number of amides is 1. The number of ether oxygens (including phenoxy) is 4. The van der Waals surface area contributed by atoms with Crippen molar-refractivity contribution in [1.82, 2.24) is 10.3 Å². The van der Waals surface area contributed by atoms with E-state index in [9.17, 15) is 9.18 Å². The molecule has 1 aromatic heterocycles. The van der Waals surface area contributed by atoms with Gasteiger partial charge in [0, 0.05) is 26.5 Å². The largest absolute Gasteiger partial charge is 0.495 e. The first-order valence-electron chi connectivity index (χ1n) is 11.6. The normalized spacial score (nSPS) is 17.2. The summed E-state index contributed by atoms with van der Waals surface area (Å²) in [6.45, 7) is 2.19. The number of pyridine rings is 1. The quantitative estimate of drug-likeness (QED) is 0.415. The van der Waals surface area contributed by atoms with E-state index in [0.29, 0.717) is 22.7 Å². The summed E-state index contributed by atoms with van der Waals surface area (Å²) in [4.78, 5) is 17.0. The zero-order valence-electron chi connectivity index (χ0n) is 21.4. The van der Waals surface area contributed by atoms with Crippen LogP contribution in [0, 0.1) is 5.82 Å². The molecule has 0 saturated heterocycles. The summed E-state index contributed by atoms with van der Waals surface area (Å²) >= 11 is 0. The molecule has 0 bridgehead atoms. The molecule has 192 valence electrons. The van der Waals surface area contributed by atoms with Gasteiger partial charge in [-0.1, -0.05) is 12.1 Å². The van der Waals surface area contributed by atoms with Gasteiger partial charge < -0.3 is 24.3 Å². The van der Waals surface area contributed by atoms with E-state index in [-0.39, 0.29) is 18.3 Å². The van der Waals surface area contributed by atoms with Crippen LogP contribution in [0.4, 0.5) is 4.39 Å². The number of fused-ring (bicyclic) bond motifs is 1. The number of benzene rings is 1. The number of carbonyl (C=O) groups is 1. The highest BCUT2D eigenvalue weighted by atomic mass is 19.1. The summed E-state index contributed by atoms with van der Waals surface area (Å²) in [5.41, 5.74) is 5.26. The maximum absolute atomic E-state index is 14.3. The molecule has 1 aromatic carbocycles. The lowest BCUT2D eigenvalue weighted by Gasteiger charge is -2.35. The number of hydrogen-bond acceptors (Lipinski definition) is 6. The van der Waals surface area contributed by atoms with Crippen LogP contribution >= 0.6 is 0 Å². The smallest absolute Gasteiger partial charge is 0.287 e. The highest BCUT2D eigenvalue weighted by molar-refractivity contribution is 6.08. The van der Waals surface area contributed by atoms with Gasteiger partial charge in [-0.15, -0.1) is 0 Å². The van der Waals surface area contributed by atoms with E-state index in [0.717, 1.165) is 28.0 Å². The molecule has 0 aliphatic heterocycles. The molecule has 7 nitrogen and oxygen atoms in total. The van der Waals surface area contributed by atoms with E-state index in [2.05, 4.69) is 10.3 Å². The van der Waals surface area contributed by atoms with E-state index in [1.807, 2.05) is 31.2 Å². The van der Waals surface area contributed by atoms with Crippen molar-refractivity contribution in [2.45, 2.75) is 19.3 Å². The summed E-state index contributed by atoms with van der Waals surface area (Å²) in [5, 5.41) is 2.85. The van der Waals surface area contributed by atoms with Gasteiger partial charge in [0.1, 0.15) is 5.82 Å². The molecule has 1 heterocycles. The van der Waals surface area contributed by atoms with Gasteiger partial charge in [0.25, 0.3) is 5.79 Å². The van der Waals surface area contributed by atoms with Gasteiger partial charge in [0.2, 0.25) is 5.91 Å². The minimum atomic E-state index is -1.31. The Kier molecular flexibility index (Phi) is 7.71. The molecule has 8 heteroatoms. The third kappa shape index (κ3) is 4.98. The van der Waals surface area contributed by atoms with Gasteiger partial charge in [-0.2, -0.15) is 0 Å². The number of aromatic nitrogens is 1. The van der Waals surface area contributed by atoms with Gasteiger partial charge in [-0.05, 0) is 82.8 Å². The molecule has 2 aliphatic rings. The van der Waals surface area contributed by atoms with E-state index in [4.69, 9.17) is 18.9 Å². The van der Waals surface area contributed by atoms with Gasteiger partial charge in [0.15, 0.2) is 11.5 Å². The van der Waals surface area contributed by atoms with Crippen molar-refractivity contribution < 1.29 is 28.1 Å². The zero-order valence-corrected chi connectivity index (χ0v) is 21.4. The van der Waals surface area contributed by atoms with Crippen molar-refractivity contribution in [3.63, 3.8) is 0 Å². The second-order valence-corrected chi connectivity index (χ2v) is 8.42. The second-order valence-electron chi connectivity index (χ2n) is 8.42. The van der Waals surface area contributed by atoms with Gasteiger partial charge in [-0.25, -0.2) is 4.39 Å². The monoisotopic (exact) mass is 504 g/mol. The average molecular weight is 505 g/mol. The number of allylic oxidation sites excluding steroid dienone is 7. The van der Waals surface area contributed by atoms with Crippen LogP contribution < -0.4 is 5.32 Å². The first-order valence-corrected chi connectivity index (χ1v) is 11.6. The van der Waals surface area contributed by atoms with Gasteiger partial charge >= 0.3 is 0 Å². The Hall–Kier alpha value is -4.01. The molecule has 37 heavy (non-hydrogen) atoms. The van der Waals surface area contributed by atoms with Crippen LogP contribution in [-0.4, -0.2) is 45.1 Å². The third-order valence-electron chi connectivity index (χ3n) is 6.39. The molecular formula is C29H29FN2O5. The van der Waals surface area contributed by atoms with Crippen molar-refractivity contribution in [1.29, 1.82) is 0 Å². The number of carbonyl (C=O) groups excluding carboxylic acids is 1. The third-order valence-corrected chi connectivity index (χ3v) is 6.39. The Morgan fingerprint density at radius 3 is 2.32 bits per heavy atom. The fraction of sp³-hybridized carbons (Fsp3) is 0.241. The van der Waals surface area contributed by atoms with Crippen LogP contribution in [-0.2, 0) is 30.3 Å². The molecule has 0 saturated carbocycles. The minimum Gasteiger partial charge on any atom is -0.495 e. The van der Waals surface area contributed by atoms with E-state index in [1.165, 1.54) is 46.6 Å². The minimum absolute atomic E-state index is 0.287. The van der Waals surface area contributed by atoms with Crippen LogP contribution in [0.25, 0.3) is 11.1 Å². The lowest BCUT2D eigenvalue weighted by atomic mass is 9.96. The standard InChI is InChI=1S/C29H29FN2O5/c1-18-23(12-19-13-26(34-2)29(36-4,37-5)27(14-19)35-3)22-10-9-20(30)15-25(22)24(18)16-28(33)32-17-21-8-6-7-11-31-21/h6-16H,17H2,1-5H3,(H,32,33)/b24-16+. The molecule has 4 rings (SSSR count). The molecule has 0 radical (unpaired) electrons. The van der Waals surface area contributed by atoms with Gasteiger partial charge in [-0.3, -0.25) is 9.78 Å². The van der Waals surface area contributed by atoms with Crippen molar-refractivity contribution in [3.05, 3.63) is 112 Å². The van der Waals surface area contributed by atoms with Crippen molar-refractivity contribution in [2.24, 2.45) is 0 Å². The van der Waals surface area contributed by atoms with Crippen LogP contribution in [0.15, 0.2) is 89.6 Å². The Bertz CT molecular complexity index is 1330. The molecule has 0 fully saturated rings. The van der Waals surface area contributed by atoms with Crippen molar-refractivity contribution in [3.8, 4) is 0 Å². The molecule has 0 atom stereocenters. The van der Waals surface area contributed by atoms with E-state index in [1.54, 1.807) is 24.4 Å². The Labute approximate surface area is 215 Å². The van der Waals surface area contributed by atoms with Crippen LogP contribution in [0.1, 0.15) is 23.7 Å². The lowest BCUT2D eigenvalue weighted by molar-refractivity contribution is -0.195. The van der Waals surface area contributed by atoms with Crippen molar-refractivity contribution >= 4 is 17.1 Å². The molecule has 1 N–H and O–H groups in total. The summed E-state index contributed by atoms with van der Waals surface area (Å²) in [6, 6.07) is 10.1. The number of nitrogens with zero attached hydrogens (tertiary/aromatic N) is 1. The summed E-state index contributed by atoms with van der Waals surface area (Å²) < 4.78 is 36.6. The zero-order chi connectivity index (χ0) is 26.6. The fourth-order valence-corrected chi connectivity index (χ4v) is 4.54. The maximum atomic E-state index is 14.3. The number of methoxy groups -OCH3 is 4. The number of rotatable bonds is 8. The van der Waals surface area contributed by atoms with E-state index >= 15 is 0 Å². The molecule has 2 aromatic rings. The molecule has 2 aliphatic carbocycles. The average Bonchev–Trinajstić information content (AvgIpc) is 3.16. The Morgan fingerprint density at radius 1 is 1.03 bits per heavy atom. The Morgan fingerprint density at radius 2 is 1.73 bits per heavy atom. The molecule has 0 unspecified atom stereocenters. The number of halogens is 1. The number of nitrogens with one attached hydrogen (secondary N) is 1. The first-order chi connectivity index (χ1) is 17.9. The van der Waals surface area contributed by atoms with Gasteiger partial charge in [0.05, 0.1) is 26.5 Å². The summed E-state index contributed by atoms with van der Waals surface area (Å²) in [7, 11) is 6.06. The van der Waals surface area contributed by atoms with Crippen LogP contribution in [0.3, 0.4) is 0 Å². The maximum Gasteiger partial charge on any atom is 0.287 e. The van der Waals surface area contributed by atoms with E-state index < -0.39 is 5.79 Å². The number of hydrogen-bond donors (Lipinski definition) is 1. The second kappa shape index (κ2) is 10.9. The topological polar surface area (TPSA) is 78.9 Å². The molecule has 1 amide bonds. The lowest BCUT2D eigenvalue weighted by Crippen LogP contribution is -2.41. The summed E-state index contributed by atoms with van der Waals surface area (Å²) in [6.07, 6.45) is 8.69. The predicted octanol–water partition coefficient (Wildman–Crippen LogP) is 4.70. The molecular weight excluding hydrogens is 475 g/mol. The predicted molar refractivity (Wildman–Crippen MR) is 138 cm³/mol. The Balaban J connectivity index is 1.74. The first kappa shape index (κ1) is 26.1.